The Labute approximate surface area is 180 Å². The van der Waals surface area contributed by atoms with Crippen molar-refractivity contribution < 1.29 is 14.3 Å². The number of methoxy groups -OCH3 is 1. The summed E-state index contributed by atoms with van der Waals surface area (Å²) in [7, 11) is 1.68. The van der Waals surface area contributed by atoms with Crippen LogP contribution in [0.1, 0.15) is 28.9 Å². The minimum atomic E-state index is -0.0704. The smallest absolute Gasteiger partial charge is 0.253 e. The molecule has 1 saturated heterocycles. The van der Waals surface area contributed by atoms with Crippen LogP contribution >= 0.6 is 11.3 Å². The van der Waals surface area contributed by atoms with E-state index in [9.17, 15) is 4.79 Å². The number of carbonyl (C=O) groups is 1. The molecule has 30 heavy (non-hydrogen) atoms. The molecule has 1 unspecified atom stereocenters. The van der Waals surface area contributed by atoms with Gasteiger partial charge in [-0.2, -0.15) is 0 Å². The fourth-order valence-corrected chi connectivity index (χ4v) is 4.59. The molecule has 3 aromatic rings. The lowest BCUT2D eigenvalue weighted by atomic mass is 10.2. The van der Waals surface area contributed by atoms with Gasteiger partial charge in [-0.05, 0) is 25.8 Å². The number of benzene rings is 1. The summed E-state index contributed by atoms with van der Waals surface area (Å²) >= 11 is 1.61. The molecule has 0 bridgehead atoms. The summed E-state index contributed by atoms with van der Waals surface area (Å²) < 4.78 is 13.0. The van der Waals surface area contributed by atoms with Crippen LogP contribution in [0.5, 0.6) is 0 Å². The molecule has 6 nitrogen and oxygen atoms in total. The van der Waals surface area contributed by atoms with Crippen molar-refractivity contribution in [3.8, 4) is 22.0 Å². The van der Waals surface area contributed by atoms with Gasteiger partial charge in [0.2, 0.25) is 0 Å². The molecule has 1 fully saturated rings. The van der Waals surface area contributed by atoms with Crippen molar-refractivity contribution >= 4 is 17.2 Å². The summed E-state index contributed by atoms with van der Waals surface area (Å²) in [6.45, 7) is 4.53. The summed E-state index contributed by atoms with van der Waals surface area (Å²) in [5.74, 6) is -0.0704. The highest BCUT2D eigenvalue weighted by molar-refractivity contribution is 7.13. The minimum Gasteiger partial charge on any atom is -0.383 e. The summed E-state index contributed by atoms with van der Waals surface area (Å²) in [6.07, 6.45) is 2.18. The van der Waals surface area contributed by atoms with Gasteiger partial charge in [0.15, 0.2) is 0 Å². The van der Waals surface area contributed by atoms with E-state index in [4.69, 9.17) is 14.5 Å². The number of ether oxygens (including phenoxy) is 2. The zero-order valence-electron chi connectivity index (χ0n) is 17.4. The predicted molar refractivity (Wildman–Crippen MR) is 119 cm³/mol. The van der Waals surface area contributed by atoms with Crippen molar-refractivity contribution in [2.75, 3.05) is 26.9 Å². The van der Waals surface area contributed by atoms with E-state index in [1.807, 2.05) is 31.2 Å². The number of nitrogens with zero attached hydrogens (tertiary/aromatic N) is 2. The van der Waals surface area contributed by atoms with E-state index >= 15 is 0 Å². The maximum atomic E-state index is 12.9. The Hall–Kier alpha value is -2.48. The van der Waals surface area contributed by atoms with E-state index in [1.165, 1.54) is 0 Å². The SMILES string of the molecule is COCCn1c(-c2csc(-c3ccccc3)n2)cc(C(=O)NCC2CCCO2)c1C. The first-order valence-electron chi connectivity index (χ1n) is 10.3. The fourth-order valence-electron chi connectivity index (χ4n) is 3.77. The minimum absolute atomic E-state index is 0.0704. The molecule has 0 spiro atoms. The van der Waals surface area contributed by atoms with Crippen LogP contribution in [0, 0.1) is 6.92 Å². The number of hydrogen-bond donors (Lipinski definition) is 1. The van der Waals surface area contributed by atoms with Gasteiger partial charge < -0.3 is 19.4 Å². The van der Waals surface area contributed by atoms with Crippen LogP contribution in [0.3, 0.4) is 0 Å². The first-order valence-corrected chi connectivity index (χ1v) is 11.2. The van der Waals surface area contributed by atoms with E-state index in [2.05, 4.69) is 27.4 Å². The quantitative estimate of drug-likeness (QED) is 0.589. The third kappa shape index (κ3) is 4.48. The number of amides is 1. The zero-order chi connectivity index (χ0) is 20.9. The van der Waals surface area contributed by atoms with Gasteiger partial charge in [-0.25, -0.2) is 4.98 Å². The third-order valence-electron chi connectivity index (χ3n) is 5.43. The topological polar surface area (TPSA) is 65.4 Å². The van der Waals surface area contributed by atoms with Crippen LogP contribution in [0.25, 0.3) is 22.0 Å². The maximum Gasteiger partial charge on any atom is 0.253 e. The molecular formula is C23H27N3O3S. The van der Waals surface area contributed by atoms with E-state index in [1.54, 1.807) is 18.4 Å². The van der Waals surface area contributed by atoms with Crippen molar-refractivity contribution in [3.05, 3.63) is 53.0 Å². The lowest BCUT2D eigenvalue weighted by molar-refractivity contribution is 0.0857. The molecule has 0 radical (unpaired) electrons. The van der Waals surface area contributed by atoms with Crippen LogP contribution in [0.4, 0.5) is 0 Å². The van der Waals surface area contributed by atoms with E-state index in [-0.39, 0.29) is 12.0 Å². The largest absolute Gasteiger partial charge is 0.383 e. The highest BCUT2D eigenvalue weighted by atomic mass is 32.1. The van der Waals surface area contributed by atoms with Crippen LogP contribution in [-0.4, -0.2) is 48.4 Å². The van der Waals surface area contributed by atoms with Gasteiger partial charge in [0.1, 0.15) is 5.01 Å². The van der Waals surface area contributed by atoms with Crippen molar-refractivity contribution in [2.24, 2.45) is 0 Å². The molecule has 158 valence electrons. The molecule has 2 aromatic heterocycles. The van der Waals surface area contributed by atoms with Crippen LogP contribution in [-0.2, 0) is 16.0 Å². The first kappa shape index (κ1) is 20.8. The Morgan fingerprint density at radius 1 is 1.37 bits per heavy atom. The molecule has 3 heterocycles. The van der Waals surface area contributed by atoms with E-state index in [0.717, 1.165) is 47.1 Å². The van der Waals surface area contributed by atoms with Crippen molar-refractivity contribution in [1.29, 1.82) is 0 Å². The Bertz CT molecular complexity index is 991. The normalized spacial score (nSPS) is 16.1. The third-order valence-corrected chi connectivity index (χ3v) is 6.32. The summed E-state index contributed by atoms with van der Waals surface area (Å²) in [5.41, 5.74) is 4.49. The molecule has 0 aliphatic carbocycles. The molecular weight excluding hydrogens is 398 g/mol. The highest BCUT2D eigenvalue weighted by Crippen LogP contribution is 2.31. The second-order valence-corrected chi connectivity index (χ2v) is 8.28. The van der Waals surface area contributed by atoms with Gasteiger partial charge >= 0.3 is 0 Å². The van der Waals surface area contributed by atoms with Crippen molar-refractivity contribution in [2.45, 2.75) is 32.4 Å². The first-order chi connectivity index (χ1) is 14.7. The molecule has 1 amide bonds. The molecule has 1 atom stereocenters. The van der Waals surface area contributed by atoms with Gasteiger partial charge in [-0.15, -0.1) is 11.3 Å². The highest BCUT2D eigenvalue weighted by Gasteiger charge is 2.22. The second kappa shape index (κ2) is 9.55. The fraction of sp³-hybridized carbons (Fsp3) is 0.391. The summed E-state index contributed by atoms with van der Waals surface area (Å²) in [6, 6.07) is 12.1. The molecule has 7 heteroatoms. The Morgan fingerprint density at radius 2 is 2.20 bits per heavy atom. The molecule has 0 saturated carbocycles. The Kier molecular flexibility index (Phi) is 6.62. The standard InChI is InChI=1S/C23H27N3O3S/c1-16-19(22(27)24-14-18-9-6-11-29-18)13-21(26(16)10-12-28-2)20-15-30-23(25-20)17-7-4-3-5-8-17/h3-5,7-8,13,15,18H,6,9-12,14H2,1-2H3,(H,24,27). The second-order valence-electron chi connectivity index (χ2n) is 7.42. The number of rotatable bonds is 8. The number of aromatic nitrogens is 2. The summed E-state index contributed by atoms with van der Waals surface area (Å²) in [4.78, 5) is 17.7. The summed E-state index contributed by atoms with van der Waals surface area (Å²) in [5, 5.41) is 6.05. The van der Waals surface area contributed by atoms with E-state index in [0.29, 0.717) is 25.3 Å². The lowest BCUT2D eigenvalue weighted by Gasteiger charge is -2.12. The van der Waals surface area contributed by atoms with Crippen LogP contribution < -0.4 is 5.32 Å². The average Bonchev–Trinajstić information content (AvgIpc) is 3.52. The number of hydrogen-bond acceptors (Lipinski definition) is 5. The Balaban J connectivity index is 1.61. The Morgan fingerprint density at radius 3 is 2.93 bits per heavy atom. The number of thiazole rings is 1. The molecule has 1 aliphatic rings. The lowest BCUT2D eigenvalue weighted by Crippen LogP contribution is -2.32. The van der Waals surface area contributed by atoms with Crippen molar-refractivity contribution in [3.63, 3.8) is 0 Å². The molecule has 4 rings (SSSR count). The monoisotopic (exact) mass is 425 g/mol. The molecule has 1 aliphatic heterocycles. The van der Waals surface area contributed by atoms with Crippen LogP contribution in [0.15, 0.2) is 41.8 Å². The maximum absolute atomic E-state index is 12.9. The molecule has 1 aromatic carbocycles. The predicted octanol–water partition coefficient (Wildman–Crippen LogP) is 4.14. The zero-order valence-corrected chi connectivity index (χ0v) is 18.2. The average molecular weight is 426 g/mol. The van der Waals surface area contributed by atoms with Gasteiger partial charge in [0.05, 0.1) is 29.7 Å². The number of carbonyl (C=O) groups excluding carboxylic acids is 1. The number of nitrogens with one attached hydrogen (secondary N) is 1. The van der Waals surface area contributed by atoms with Gasteiger partial charge in [0.25, 0.3) is 5.91 Å². The van der Waals surface area contributed by atoms with E-state index < -0.39 is 0 Å². The van der Waals surface area contributed by atoms with Gasteiger partial charge in [0, 0.05) is 43.4 Å². The van der Waals surface area contributed by atoms with Crippen LogP contribution in [0.2, 0.25) is 0 Å². The van der Waals surface area contributed by atoms with Gasteiger partial charge in [-0.1, -0.05) is 30.3 Å². The van der Waals surface area contributed by atoms with Crippen molar-refractivity contribution in [1.82, 2.24) is 14.9 Å². The molecule has 1 N–H and O–H groups in total. The van der Waals surface area contributed by atoms with Gasteiger partial charge in [-0.3, -0.25) is 4.79 Å².